The third-order valence-electron chi connectivity index (χ3n) is 5.98. The Bertz CT molecular complexity index is 1080. The molecule has 3 aromatic carbocycles. The van der Waals surface area contributed by atoms with E-state index >= 15 is 0 Å². The molecular weight excluding hydrogens is 384 g/mol. The van der Waals surface area contributed by atoms with E-state index in [0.717, 1.165) is 43.5 Å². The fourth-order valence-corrected chi connectivity index (χ4v) is 4.40. The van der Waals surface area contributed by atoms with Crippen LogP contribution in [0.2, 0.25) is 0 Å². The second-order valence-electron chi connectivity index (χ2n) is 7.90. The Labute approximate surface area is 182 Å². The molecule has 5 heteroatoms. The Morgan fingerprint density at radius 2 is 1.45 bits per heavy atom. The Kier molecular flexibility index (Phi) is 5.50. The topological polar surface area (TPSA) is 43.2 Å². The van der Waals surface area contributed by atoms with Crippen molar-refractivity contribution in [1.82, 2.24) is 19.7 Å². The van der Waals surface area contributed by atoms with Crippen molar-refractivity contribution in [1.29, 1.82) is 0 Å². The normalized spacial score (nSPS) is 13.9. The smallest absolute Gasteiger partial charge is 0.147 e. The molecule has 0 atom stereocenters. The molecule has 0 unspecified atom stereocenters. The first-order valence-electron chi connectivity index (χ1n) is 10.7. The summed E-state index contributed by atoms with van der Waals surface area (Å²) >= 11 is 0. The lowest BCUT2D eigenvalue weighted by Gasteiger charge is -2.35. The zero-order valence-electron chi connectivity index (χ0n) is 17.7. The molecular formula is C26H26N4O. The second-order valence-corrected chi connectivity index (χ2v) is 7.90. The number of rotatable bonds is 6. The molecule has 4 aromatic rings. The predicted molar refractivity (Wildman–Crippen MR) is 121 cm³/mol. The number of hydrogen-bond acceptors (Lipinski definition) is 4. The van der Waals surface area contributed by atoms with Crippen molar-refractivity contribution in [2.75, 3.05) is 13.7 Å². The van der Waals surface area contributed by atoms with E-state index < -0.39 is 0 Å². The minimum absolute atomic E-state index is 0.206. The van der Waals surface area contributed by atoms with Gasteiger partial charge in [0.05, 0.1) is 19.7 Å². The van der Waals surface area contributed by atoms with Gasteiger partial charge < -0.3 is 9.30 Å². The van der Waals surface area contributed by atoms with Gasteiger partial charge in [0, 0.05) is 19.5 Å². The van der Waals surface area contributed by atoms with Gasteiger partial charge in [-0.15, -0.1) is 10.2 Å². The molecule has 1 aliphatic rings. The third kappa shape index (κ3) is 4.09. The van der Waals surface area contributed by atoms with Crippen LogP contribution in [0.5, 0.6) is 5.75 Å². The minimum atomic E-state index is 0.206. The van der Waals surface area contributed by atoms with Crippen molar-refractivity contribution in [3.05, 3.63) is 113 Å². The molecule has 1 aromatic heterocycles. The zero-order chi connectivity index (χ0) is 21.0. The number of fused-ring (bicyclic) bond motifs is 1. The molecule has 0 spiro atoms. The molecule has 0 bridgehead atoms. The Morgan fingerprint density at radius 1 is 0.806 bits per heavy atom. The van der Waals surface area contributed by atoms with Crippen LogP contribution in [0.3, 0.4) is 0 Å². The van der Waals surface area contributed by atoms with Crippen LogP contribution in [0.4, 0.5) is 0 Å². The minimum Gasteiger partial charge on any atom is -0.497 e. The fourth-order valence-electron chi connectivity index (χ4n) is 4.40. The quantitative estimate of drug-likeness (QED) is 0.470. The van der Waals surface area contributed by atoms with Gasteiger partial charge in [0.15, 0.2) is 0 Å². The van der Waals surface area contributed by atoms with Gasteiger partial charge in [-0.2, -0.15) is 0 Å². The molecule has 5 rings (SSSR count). The lowest BCUT2D eigenvalue weighted by Crippen LogP contribution is -2.37. The van der Waals surface area contributed by atoms with Gasteiger partial charge in [0.25, 0.3) is 0 Å². The van der Waals surface area contributed by atoms with Gasteiger partial charge >= 0.3 is 0 Å². The number of methoxy groups -OCH3 is 1. The van der Waals surface area contributed by atoms with E-state index in [0.29, 0.717) is 0 Å². The monoisotopic (exact) mass is 410 g/mol. The van der Waals surface area contributed by atoms with Crippen molar-refractivity contribution < 1.29 is 4.74 Å². The van der Waals surface area contributed by atoms with E-state index in [1.54, 1.807) is 7.11 Å². The van der Waals surface area contributed by atoms with Crippen LogP contribution in [0, 0.1) is 0 Å². The largest absolute Gasteiger partial charge is 0.497 e. The van der Waals surface area contributed by atoms with Crippen LogP contribution in [0.25, 0.3) is 0 Å². The van der Waals surface area contributed by atoms with Gasteiger partial charge in [-0.1, -0.05) is 72.8 Å². The average molecular weight is 411 g/mol. The molecule has 0 saturated heterocycles. The second kappa shape index (κ2) is 8.74. The van der Waals surface area contributed by atoms with Gasteiger partial charge in [0.1, 0.15) is 17.4 Å². The van der Waals surface area contributed by atoms with Gasteiger partial charge in [0.2, 0.25) is 0 Å². The van der Waals surface area contributed by atoms with Crippen LogP contribution < -0.4 is 4.74 Å². The van der Waals surface area contributed by atoms with E-state index in [-0.39, 0.29) is 6.04 Å². The van der Waals surface area contributed by atoms with Crippen LogP contribution in [-0.4, -0.2) is 33.3 Å². The lowest BCUT2D eigenvalue weighted by atomic mass is 9.96. The third-order valence-corrected chi connectivity index (χ3v) is 5.98. The molecule has 0 fully saturated rings. The maximum absolute atomic E-state index is 5.26. The molecule has 2 heterocycles. The van der Waals surface area contributed by atoms with Crippen molar-refractivity contribution in [3.63, 3.8) is 0 Å². The first-order valence-corrected chi connectivity index (χ1v) is 10.7. The molecule has 31 heavy (non-hydrogen) atoms. The van der Waals surface area contributed by atoms with Crippen LogP contribution in [-0.2, 0) is 19.5 Å². The molecule has 5 nitrogen and oxygen atoms in total. The molecule has 1 aliphatic heterocycles. The first-order chi connectivity index (χ1) is 15.3. The highest BCUT2D eigenvalue weighted by molar-refractivity contribution is 5.32. The summed E-state index contributed by atoms with van der Waals surface area (Å²) in [5.41, 5.74) is 3.82. The van der Waals surface area contributed by atoms with Crippen molar-refractivity contribution in [2.24, 2.45) is 0 Å². The number of hydrogen-bond donors (Lipinski definition) is 0. The van der Waals surface area contributed by atoms with Gasteiger partial charge in [-0.05, 0) is 28.8 Å². The summed E-state index contributed by atoms with van der Waals surface area (Å²) in [6.45, 7) is 2.63. The molecule has 156 valence electrons. The maximum Gasteiger partial charge on any atom is 0.147 e. The number of aromatic nitrogens is 3. The molecule has 0 aliphatic carbocycles. The summed E-state index contributed by atoms with van der Waals surface area (Å²) in [4.78, 5) is 2.51. The SMILES string of the molecule is COc1ccc(Cc2nnc3n2CCN(C(c2ccccc2)c2ccccc2)C3)cc1. The standard InChI is InChI=1S/C26H26N4O/c1-31-23-14-12-20(13-15-23)18-24-27-28-25-19-29(16-17-30(24)25)26(21-8-4-2-5-9-21)22-10-6-3-7-11-22/h2-15,26H,16-19H2,1H3. The zero-order valence-corrected chi connectivity index (χ0v) is 17.7. The summed E-state index contributed by atoms with van der Waals surface area (Å²) in [7, 11) is 1.69. The highest BCUT2D eigenvalue weighted by Gasteiger charge is 2.28. The van der Waals surface area contributed by atoms with Crippen molar-refractivity contribution in [2.45, 2.75) is 25.6 Å². The Morgan fingerprint density at radius 3 is 2.06 bits per heavy atom. The van der Waals surface area contributed by atoms with E-state index in [2.05, 4.69) is 92.5 Å². The van der Waals surface area contributed by atoms with Crippen molar-refractivity contribution >= 4 is 0 Å². The maximum atomic E-state index is 5.26. The van der Waals surface area contributed by atoms with Crippen LogP contribution in [0.15, 0.2) is 84.9 Å². The lowest BCUT2D eigenvalue weighted by molar-refractivity contribution is 0.174. The summed E-state index contributed by atoms with van der Waals surface area (Å²) in [5.74, 6) is 2.93. The summed E-state index contributed by atoms with van der Waals surface area (Å²) in [6.07, 6.45) is 0.776. The van der Waals surface area contributed by atoms with E-state index in [4.69, 9.17) is 4.74 Å². The Balaban J connectivity index is 1.39. The van der Waals surface area contributed by atoms with E-state index in [1.807, 2.05) is 12.1 Å². The molecule has 0 saturated carbocycles. The number of nitrogens with zero attached hydrogens (tertiary/aromatic N) is 4. The highest BCUT2D eigenvalue weighted by Crippen LogP contribution is 2.31. The molecule has 0 radical (unpaired) electrons. The van der Waals surface area contributed by atoms with Crippen molar-refractivity contribution in [3.8, 4) is 5.75 Å². The number of ether oxygens (including phenoxy) is 1. The fraction of sp³-hybridized carbons (Fsp3) is 0.231. The average Bonchev–Trinajstić information content (AvgIpc) is 3.23. The summed E-state index contributed by atoms with van der Waals surface area (Å²) in [5, 5.41) is 9.08. The summed E-state index contributed by atoms with van der Waals surface area (Å²) < 4.78 is 7.55. The van der Waals surface area contributed by atoms with Gasteiger partial charge in [-0.25, -0.2) is 0 Å². The van der Waals surface area contributed by atoms with E-state index in [9.17, 15) is 0 Å². The first kappa shape index (κ1) is 19.5. The number of benzene rings is 3. The van der Waals surface area contributed by atoms with Crippen LogP contribution in [0.1, 0.15) is 34.4 Å². The molecule has 0 amide bonds. The van der Waals surface area contributed by atoms with Crippen LogP contribution >= 0.6 is 0 Å². The Hall–Kier alpha value is -3.44. The summed E-state index contributed by atoms with van der Waals surface area (Å²) in [6, 6.07) is 29.9. The molecule has 0 N–H and O–H groups in total. The highest BCUT2D eigenvalue weighted by atomic mass is 16.5. The predicted octanol–water partition coefficient (Wildman–Crippen LogP) is 4.48. The van der Waals surface area contributed by atoms with E-state index in [1.165, 1.54) is 16.7 Å². The van der Waals surface area contributed by atoms with Gasteiger partial charge in [-0.3, -0.25) is 4.90 Å².